The van der Waals surface area contributed by atoms with E-state index in [4.69, 9.17) is 5.73 Å². The molecule has 0 aliphatic heterocycles. The SMILES string of the molecule is Nc1nc(NCCc2n[nH]c(=O)[nH]2)cc(C2CC(O)C2)n1. The van der Waals surface area contributed by atoms with Gasteiger partial charge in [-0.15, -0.1) is 0 Å². The van der Waals surface area contributed by atoms with Gasteiger partial charge < -0.3 is 16.2 Å². The van der Waals surface area contributed by atoms with Crippen LogP contribution in [0, 0.1) is 0 Å². The van der Waals surface area contributed by atoms with Gasteiger partial charge in [-0.25, -0.2) is 14.9 Å². The Morgan fingerprint density at radius 1 is 1.43 bits per heavy atom. The van der Waals surface area contributed by atoms with Crippen molar-refractivity contribution < 1.29 is 5.11 Å². The molecule has 0 radical (unpaired) electrons. The number of aromatic nitrogens is 5. The average molecular weight is 291 g/mol. The fraction of sp³-hybridized carbons (Fsp3) is 0.500. The second-order valence-corrected chi connectivity index (χ2v) is 5.16. The normalized spacial score (nSPS) is 21.0. The van der Waals surface area contributed by atoms with E-state index in [2.05, 4.69) is 30.5 Å². The number of aliphatic hydroxyl groups is 1. The first-order valence-corrected chi connectivity index (χ1v) is 6.80. The van der Waals surface area contributed by atoms with Crippen LogP contribution >= 0.6 is 0 Å². The Balaban J connectivity index is 1.61. The van der Waals surface area contributed by atoms with Crippen LogP contribution in [0.25, 0.3) is 0 Å². The highest BCUT2D eigenvalue weighted by molar-refractivity contribution is 5.42. The molecule has 21 heavy (non-hydrogen) atoms. The van der Waals surface area contributed by atoms with Crippen molar-refractivity contribution in [3.8, 4) is 0 Å². The molecule has 1 saturated carbocycles. The molecule has 3 rings (SSSR count). The number of nitrogens with two attached hydrogens (primary N) is 1. The Kier molecular flexibility index (Phi) is 3.57. The summed E-state index contributed by atoms with van der Waals surface area (Å²) in [7, 11) is 0. The molecule has 0 saturated heterocycles. The van der Waals surface area contributed by atoms with Crippen LogP contribution in [0.5, 0.6) is 0 Å². The third kappa shape index (κ3) is 3.19. The van der Waals surface area contributed by atoms with Crippen LogP contribution in [0.2, 0.25) is 0 Å². The van der Waals surface area contributed by atoms with Gasteiger partial charge in [0.25, 0.3) is 0 Å². The number of rotatable bonds is 5. The quantitative estimate of drug-likeness (QED) is 0.492. The Labute approximate surface area is 120 Å². The number of hydrogen-bond donors (Lipinski definition) is 5. The van der Waals surface area contributed by atoms with Crippen LogP contribution in [0.1, 0.15) is 30.3 Å². The maximum atomic E-state index is 10.9. The van der Waals surface area contributed by atoms with Crippen molar-refractivity contribution in [2.45, 2.75) is 31.3 Å². The first-order valence-electron chi connectivity index (χ1n) is 6.80. The van der Waals surface area contributed by atoms with Gasteiger partial charge in [0, 0.05) is 24.9 Å². The Hall–Kier alpha value is -2.42. The first-order chi connectivity index (χ1) is 10.1. The van der Waals surface area contributed by atoms with E-state index in [-0.39, 0.29) is 23.7 Å². The van der Waals surface area contributed by atoms with Crippen molar-refractivity contribution in [3.63, 3.8) is 0 Å². The number of aliphatic hydroxyl groups excluding tert-OH is 1. The van der Waals surface area contributed by atoms with Gasteiger partial charge in [0.2, 0.25) is 5.95 Å². The van der Waals surface area contributed by atoms with Crippen molar-refractivity contribution in [3.05, 3.63) is 28.1 Å². The third-order valence-electron chi connectivity index (χ3n) is 3.51. The molecule has 0 bridgehead atoms. The molecule has 0 amide bonds. The molecule has 2 aromatic heterocycles. The Morgan fingerprint density at radius 2 is 2.24 bits per heavy atom. The van der Waals surface area contributed by atoms with Gasteiger partial charge in [-0.1, -0.05) is 0 Å². The molecule has 0 spiro atoms. The molecule has 0 atom stereocenters. The molecule has 9 heteroatoms. The van der Waals surface area contributed by atoms with E-state index in [1.807, 2.05) is 6.07 Å². The largest absolute Gasteiger partial charge is 0.393 e. The minimum Gasteiger partial charge on any atom is -0.393 e. The Bertz CT molecular complexity index is 674. The lowest BCUT2D eigenvalue weighted by molar-refractivity contribution is 0.0732. The highest BCUT2D eigenvalue weighted by Gasteiger charge is 2.30. The van der Waals surface area contributed by atoms with Gasteiger partial charge in [0.1, 0.15) is 11.6 Å². The lowest BCUT2D eigenvalue weighted by Crippen LogP contribution is -2.27. The van der Waals surface area contributed by atoms with Gasteiger partial charge in [0.05, 0.1) is 11.8 Å². The van der Waals surface area contributed by atoms with Crippen molar-refractivity contribution >= 4 is 11.8 Å². The smallest absolute Gasteiger partial charge is 0.340 e. The zero-order valence-electron chi connectivity index (χ0n) is 11.3. The number of nitrogen functional groups attached to an aromatic ring is 1. The lowest BCUT2D eigenvalue weighted by Gasteiger charge is -2.30. The van der Waals surface area contributed by atoms with E-state index in [1.165, 1.54) is 0 Å². The van der Waals surface area contributed by atoms with Crippen molar-refractivity contribution in [1.29, 1.82) is 0 Å². The topological polar surface area (TPSA) is 146 Å². The summed E-state index contributed by atoms with van der Waals surface area (Å²) in [6.07, 6.45) is 1.74. The van der Waals surface area contributed by atoms with E-state index in [9.17, 15) is 9.90 Å². The minimum absolute atomic E-state index is 0.213. The fourth-order valence-corrected chi connectivity index (χ4v) is 2.35. The van der Waals surface area contributed by atoms with Crippen molar-refractivity contribution in [2.24, 2.45) is 0 Å². The van der Waals surface area contributed by atoms with Crippen LogP contribution in [-0.4, -0.2) is 42.9 Å². The molecule has 2 heterocycles. The highest BCUT2D eigenvalue weighted by atomic mass is 16.3. The van der Waals surface area contributed by atoms with Crippen LogP contribution in [0.3, 0.4) is 0 Å². The fourth-order valence-electron chi connectivity index (χ4n) is 2.35. The molecule has 1 fully saturated rings. The molecule has 6 N–H and O–H groups in total. The minimum atomic E-state index is -0.317. The second-order valence-electron chi connectivity index (χ2n) is 5.16. The van der Waals surface area contributed by atoms with Crippen molar-refractivity contribution in [2.75, 3.05) is 17.6 Å². The first kappa shape index (κ1) is 13.6. The van der Waals surface area contributed by atoms with Gasteiger partial charge in [-0.3, -0.25) is 4.98 Å². The number of anilines is 2. The van der Waals surface area contributed by atoms with E-state index in [1.54, 1.807) is 0 Å². The van der Waals surface area contributed by atoms with E-state index >= 15 is 0 Å². The van der Waals surface area contributed by atoms with Crippen LogP contribution in [0.4, 0.5) is 11.8 Å². The predicted molar refractivity (Wildman–Crippen MR) is 75.8 cm³/mol. The summed E-state index contributed by atoms with van der Waals surface area (Å²) >= 11 is 0. The van der Waals surface area contributed by atoms with E-state index in [0.717, 1.165) is 5.69 Å². The zero-order valence-corrected chi connectivity index (χ0v) is 11.3. The number of nitrogens with zero attached hydrogens (tertiary/aromatic N) is 3. The molecule has 1 aliphatic rings. The maximum absolute atomic E-state index is 10.9. The molecule has 112 valence electrons. The van der Waals surface area contributed by atoms with Gasteiger partial charge in [0.15, 0.2) is 0 Å². The summed E-state index contributed by atoms with van der Waals surface area (Å²) in [6, 6.07) is 1.85. The number of aromatic amines is 2. The van der Waals surface area contributed by atoms with Gasteiger partial charge in [-0.2, -0.15) is 10.1 Å². The highest BCUT2D eigenvalue weighted by Crippen LogP contribution is 2.36. The third-order valence-corrected chi connectivity index (χ3v) is 3.51. The lowest BCUT2D eigenvalue weighted by atomic mass is 9.80. The summed E-state index contributed by atoms with van der Waals surface area (Å²) < 4.78 is 0. The summed E-state index contributed by atoms with van der Waals surface area (Å²) in [5, 5.41) is 18.6. The van der Waals surface area contributed by atoms with Crippen LogP contribution in [0.15, 0.2) is 10.9 Å². The summed E-state index contributed by atoms with van der Waals surface area (Å²) in [5.74, 6) is 1.67. The van der Waals surface area contributed by atoms with Crippen LogP contribution in [-0.2, 0) is 6.42 Å². The number of nitrogens with one attached hydrogen (secondary N) is 3. The van der Waals surface area contributed by atoms with E-state index < -0.39 is 0 Å². The molecular formula is C12H17N7O2. The molecule has 2 aromatic rings. The van der Waals surface area contributed by atoms with Crippen LogP contribution < -0.4 is 16.7 Å². The Morgan fingerprint density at radius 3 is 2.90 bits per heavy atom. The molecule has 0 aromatic carbocycles. The molecular weight excluding hydrogens is 274 g/mol. The van der Waals surface area contributed by atoms with E-state index in [0.29, 0.717) is 37.4 Å². The van der Waals surface area contributed by atoms with Gasteiger partial charge >= 0.3 is 5.69 Å². The number of H-pyrrole nitrogens is 2. The maximum Gasteiger partial charge on any atom is 0.340 e. The summed E-state index contributed by atoms with van der Waals surface area (Å²) in [5.41, 5.74) is 6.24. The standard InChI is InChI=1S/C12H17N7O2/c13-11-15-8(6-3-7(20)4-6)5-10(16-11)14-2-1-9-17-12(21)19-18-9/h5-7,20H,1-4H2,(H3,13,14,15,16)(H2,17,18,19,21). The molecule has 0 unspecified atom stereocenters. The second kappa shape index (κ2) is 5.52. The van der Waals surface area contributed by atoms with Crippen molar-refractivity contribution in [1.82, 2.24) is 25.1 Å². The average Bonchev–Trinajstić information content (AvgIpc) is 2.80. The zero-order chi connectivity index (χ0) is 14.8. The number of hydrogen-bond acceptors (Lipinski definition) is 7. The molecule has 1 aliphatic carbocycles. The van der Waals surface area contributed by atoms with Gasteiger partial charge in [-0.05, 0) is 12.8 Å². The monoisotopic (exact) mass is 291 g/mol. The summed E-state index contributed by atoms with van der Waals surface area (Å²) in [4.78, 5) is 21.8. The predicted octanol–water partition coefficient (Wildman–Crippen LogP) is -0.637. The summed E-state index contributed by atoms with van der Waals surface area (Å²) in [6.45, 7) is 0.560. The molecule has 9 nitrogen and oxygen atoms in total.